The van der Waals surface area contributed by atoms with Gasteiger partial charge in [0.25, 0.3) is 0 Å². The van der Waals surface area contributed by atoms with Crippen LogP contribution in [0.15, 0.2) is 4.99 Å². The van der Waals surface area contributed by atoms with Gasteiger partial charge in [0.1, 0.15) is 0 Å². The Morgan fingerprint density at radius 3 is 2.80 bits per heavy atom. The fraction of sp³-hybridized carbons (Fsp3) is 0.909. The van der Waals surface area contributed by atoms with Gasteiger partial charge in [-0.25, -0.2) is 0 Å². The average molecular weight is 213 g/mol. The minimum absolute atomic E-state index is 0.398. The molecule has 0 aromatic rings. The molecule has 4 heteroatoms. The van der Waals surface area contributed by atoms with Crippen LogP contribution in [0.3, 0.4) is 0 Å². The first-order valence-electron chi connectivity index (χ1n) is 5.88. The summed E-state index contributed by atoms with van der Waals surface area (Å²) in [5.74, 6) is 1.24. The molecular formula is C11H23N3O. The van der Waals surface area contributed by atoms with Crippen LogP contribution in [0.5, 0.6) is 0 Å². The van der Waals surface area contributed by atoms with Gasteiger partial charge in [0.15, 0.2) is 5.96 Å². The number of nitrogens with one attached hydrogen (secondary N) is 1. The number of ether oxygens (including phenoxy) is 1. The smallest absolute Gasteiger partial charge is 0.188 e. The zero-order valence-corrected chi connectivity index (χ0v) is 9.83. The van der Waals surface area contributed by atoms with Gasteiger partial charge >= 0.3 is 0 Å². The molecule has 1 fully saturated rings. The summed E-state index contributed by atoms with van der Waals surface area (Å²) >= 11 is 0. The van der Waals surface area contributed by atoms with Crippen molar-refractivity contribution in [2.45, 2.75) is 39.2 Å². The van der Waals surface area contributed by atoms with E-state index in [1.807, 2.05) is 0 Å². The summed E-state index contributed by atoms with van der Waals surface area (Å²) in [6.45, 7) is 6.83. The predicted molar refractivity (Wildman–Crippen MR) is 62.9 cm³/mol. The first-order valence-corrected chi connectivity index (χ1v) is 5.88. The summed E-state index contributed by atoms with van der Waals surface area (Å²) in [4.78, 5) is 4.23. The van der Waals surface area contributed by atoms with Gasteiger partial charge < -0.3 is 15.8 Å². The number of nitrogens with two attached hydrogens (primary N) is 1. The lowest BCUT2D eigenvalue weighted by Crippen LogP contribution is -2.44. The van der Waals surface area contributed by atoms with Crippen LogP contribution in [0.2, 0.25) is 0 Å². The summed E-state index contributed by atoms with van der Waals surface area (Å²) in [5, 5.41) is 3.26. The summed E-state index contributed by atoms with van der Waals surface area (Å²) < 4.78 is 5.33. The molecule has 1 heterocycles. The third-order valence-corrected chi connectivity index (χ3v) is 2.85. The van der Waals surface area contributed by atoms with Crippen molar-refractivity contribution in [2.75, 3.05) is 19.8 Å². The molecule has 1 aliphatic heterocycles. The first kappa shape index (κ1) is 12.3. The van der Waals surface area contributed by atoms with Crippen LogP contribution in [0, 0.1) is 5.92 Å². The number of rotatable bonds is 4. The van der Waals surface area contributed by atoms with E-state index in [-0.39, 0.29) is 0 Å². The molecule has 0 bridgehead atoms. The predicted octanol–water partition coefficient (Wildman–Crippen LogP) is 1.12. The fourth-order valence-corrected chi connectivity index (χ4v) is 1.84. The molecule has 0 aromatic carbocycles. The lowest BCUT2D eigenvalue weighted by Gasteiger charge is -2.28. The molecule has 15 heavy (non-hydrogen) atoms. The van der Waals surface area contributed by atoms with Crippen molar-refractivity contribution >= 4 is 5.96 Å². The topological polar surface area (TPSA) is 59.6 Å². The molecule has 0 saturated carbocycles. The molecule has 0 radical (unpaired) electrons. The highest BCUT2D eigenvalue weighted by atomic mass is 16.5. The molecule has 1 atom stereocenters. The van der Waals surface area contributed by atoms with E-state index in [2.05, 4.69) is 24.2 Å². The average Bonchev–Trinajstić information content (AvgIpc) is 2.27. The SMILES string of the molecule is CCCN=C(N)NC(C)C1CCOCC1. The first-order chi connectivity index (χ1) is 7.24. The Hall–Kier alpha value is -0.770. The maximum Gasteiger partial charge on any atom is 0.188 e. The van der Waals surface area contributed by atoms with Gasteiger partial charge in [0, 0.05) is 25.8 Å². The Kier molecular flexibility index (Phi) is 5.47. The Morgan fingerprint density at radius 1 is 1.53 bits per heavy atom. The van der Waals surface area contributed by atoms with E-state index < -0.39 is 0 Å². The molecule has 0 spiro atoms. The largest absolute Gasteiger partial charge is 0.381 e. The minimum Gasteiger partial charge on any atom is -0.381 e. The molecule has 1 rings (SSSR count). The van der Waals surface area contributed by atoms with Crippen molar-refractivity contribution in [3.63, 3.8) is 0 Å². The van der Waals surface area contributed by atoms with Gasteiger partial charge in [-0.2, -0.15) is 0 Å². The van der Waals surface area contributed by atoms with Crippen LogP contribution < -0.4 is 11.1 Å². The van der Waals surface area contributed by atoms with Crippen LogP contribution in [0.4, 0.5) is 0 Å². The Bertz CT molecular complexity index is 200. The Balaban J connectivity index is 2.29. The summed E-state index contributed by atoms with van der Waals surface area (Å²) in [5.41, 5.74) is 5.77. The van der Waals surface area contributed by atoms with E-state index in [0.717, 1.165) is 39.0 Å². The normalized spacial score (nSPS) is 21.3. The summed E-state index contributed by atoms with van der Waals surface area (Å²) in [6, 6.07) is 0.398. The lowest BCUT2D eigenvalue weighted by molar-refractivity contribution is 0.0581. The second-order valence-corrected chi connectivity index (χ2v) is 4.15. The van der Waals surface area contributed by atoms with E-state index in [1.54, 1.807) is 0 Å². The van der Waals surface area contributed by atoms with E-state index in [0.29, 0.717) is 17.9 Å². The molecule has 0 aromatic heterocycles. The maximum absolute atomic E-state index is 5.77. The molecule has 4 nitrogen and oxygen atoms in total. The molecule has 0 amide bonds. The lowest BCUT2D eigenvalue weighted by atomic mass is 9.93. The van der Waals surface area contributed by atoms with Crippen LogP contribution in [0.25, 0.3) is 0 Å². The van der Waals surface area contributed by atoms with Crippen LogP contribution in [0.1, 0.15) is 33.1 Å². The zero-order valence-electron chi connectivity index (χ0n) is 9.83. The minimum atomic E-state index is 0.398. The molecule has 3 N–H and O–H groups in total. The molecule has 1 aliphatic rings. The number of hydrogen-bond acceptors (Lipinski definition) is 2. The van der Waals surface area contributed by atoms with Gasteiger partial charge in [-0.05, 0) is 32.1 Å². The van der Waals surface area contributed by atoms with Crippen molar-refractivity contribution in [3.05, 3.63) is 0 Å². The van der Waals surface area contributed by atoms with E-state index in [1.165, 1.54) is 0 Å². The molecular weight excluding hydrogens is 190 g/mol. The molecule has 1 unspecified atom stereocenters. The van der Waals surface area contributed by atoms with Gasteiger partial charge in [-0.15, -0.1) is 0 Å². The summed E-state index contributed by atoms with van der Waals surface area (Å²) in [6.07, 6.45) is 3.28. The van der Waals surface area contributed by atoms with Crippen LogP contribution in [-0.2, 0) is 4.74 Å². The fourth-order valence-electron chi connectivity index (χ4n) is 1.84. The maximum atomic E-state index is 5.77. The second kappa shape index (κ2) is 6.67. The third-order valence-electron chi connectivity index (χ3n) is 2.85. The van der Waals surface area contributed by atoms with E-state index in [9.17, 15) is 0 Å². The Morgan fingerprint density at radius 2 is 2.20 bits per heavy atom. The van der Waals surface area contributed by atoms with Gasteiger partial charge in [0.2, 0.25) is 0 Å². The zero-order chi connectivity index (χ0) is 11.1. The molecule has 1 saturated heterocycles. The summed E-state index contributed by atoms with van der Waals surface area (Å²) in [7, 11) is 0. The van der Waals surface area contributed by atoms with Crippen molar-refractivity contribution < 1.29 is 4.74 Å². The van der Waals surface area contributed by atoms with Crippen molar-refractivity contribution in [1.82, 2.24) is 5.32 Å². The highest BCUT2D eigenvalue weighted by Gasteiger charge is 2.20. The van der Waals surface area contributed by atoms with Gasteiger partial charge in [0.05, 0.1) is 0 Å². The number of nitrogens with zero attached hydrogens (tertiary/aromatic N) is 1. The van der Waals surface area contributed by atoms with Gasteiger partial charge in [-0.3, -0.25) is 4.99 Å². The number of aliphatic imine (C=N–C) groups is 1. The van der Waals surface area contributed by atoms with Crippen LogP contribution in [-0.4, -0.2) is 31.8 Å². The van der Waals surface area contributed by atoms with E-state index in [4.69, 9.17) is 10.5 Å². The Labute approximate surface area is 92.3 Å². The van der Waals surface area contributed by atoms with Crippen molar-refractivity contribution in [2.24, 2.45) is 16.6 Å². The quantitative estimate of drug-likeness (QED) is 0.543. The highest BCUT2D eigenvalue weighted by molar-refractivity contribution is 5.78. The van der Waals surface area contributed by atoms with Crippen molar-refractivity contribution in [1.29, 1.82) is 0 Å². The molecule has 88 valence electrons. The number of hydrogen-bond donors (Lipinski definition) is 2. The van der Waals surface area contributed by atoms with Crippen molar-refractivity contribution in [3.8, 4) is 0 Å². The third kappa shape index (κ3) is 4.51. The highest BCUT2D eigenvalue weighted by Crippen LogP contribution is 2.18. The monoisotopic (exact) mass is 213 g/mol. The van der Waals surface area contributed by atoms with Gasteiger partial charge in [-0.1, -0.05) is 6.92 Å². The van der Waals surface area contributed by atoms with Crippen LogP contribution >= 0.6 is 0 Å². The molecule has 0 aliphatic carbocycles. The second-order valence-electron chi connectivity index (χ2n) is 4.15. The number of guanidine groups is 1. The van der Waals surface area contributed by atoms with E-state index >= 15 is 0 Å². The standard InChI is InChI=1S/C11H23N3O/c1-3-6-13-11(12)14-9(2)10-4-7-15-8-5-10/h9-10H,3-8H2,1-2H3,(H3,12,13,14).